The third kappa shape index (κ3) is 2.05. The number of aryl methyl sites for hydroxylation is 1. The lowest BCUT2D eigenvalue weighted by Gasteiger charge is -1.89. The molecule has 2 nitrogen and oxygen atoms in total. The zero-order valence-corrected chi connectivity index (χ0v) is 8.57. The summed E-state index contributed by atoms with van der Waals surface area (Å²) in [7, 11) is 4.54. The lowest BCUT2D eigenvalue weighted by Crippen LogP contribution is -1.86. The van der Waals surface area contributed by atoms with E-state index >= 15 is 0 Å². The molecule has 0 radical (unpaired) electrons. The van der Waals surface area contributed by atoms with Crippen molar-refractivity contribution in [2.24, 2.45) is 7.05 Å². The summed E-state index contributed by atoms with van der Waals surface area (Å²) in [5.74, 6) is 0. The smallest absolute Gasteiger partial charge is 0.0925 e. The van der Waals surface area contributed by atoms with Crippen LogP contribution in [0.4, 0.5) is 0 Å². The Morgan fingerprint density at radius 1 is 1.75 bits per heavy atom. The minimum Gasteiger partial charge on any atom is -0.275 e. The van der Waals surface area contributed by atoms with Crippen molar-refractivity contribution in [1.29, 1.82) is 0 Å². The molecule has 0 saturated heterocycles. The predicted octanol–water partition coefficient (Wildman–Crippen LogP) is 2.30. The summed E-state index contributed by atoms with van der Waals surface area (Å²) in [6, 6.07) is 0. The Kier molecular flexibility index (Phi) is 2.83. The predicted molar refractivity (Wildman–Crippen MR) is 56.7 cm³/mol. The first-order chi connectivity index (χ1) is 5.63. The molecule has 0 aliphatic heterocycles. The fourth-order valence-corrected chi connectivity index (χ4v) is 1.17. The van der Waals surface area contributed by atoms with Crippen LogP contribution in [-0.2, 0) is 7.05 Å². The monoisotopic (exact) mass is 180 g/mol. The Morgan fingerprint density at radius 2 is 2.42 bits per heavy atom. The average molecular weight is 180 g/mol. The van der Waals surface area contributed by atoms with Crippen molar-refractivity contribution in [3.8, 4) is 0 Å². The number of allylic oxidation sites excluding steroid dienone is 1. The first kappa shape index (κ1) is 9.21. The molecular weight excluding hydrogens is 167 g/mol. The standard InChI is InChI=1S/C9H13N2P/c1-4-8-6-11(3)10-9(8)5-7(2)12/h4-6H,1,12H2,2-3H3/b7-5+. The number of hydrogen-bond acceptors (Lipinski definition) is 1. The number of aromatic nitrogens is 2. The van der Waals surface area contributed by atoms with Gasteiger partial charge in [-0.25, -0.2) is 0 Å². The maximum Gasteiger partial charge on any atom is 0.0925 e. The Hall–Kier alpha value is -0.880. The molecule has 1 aromatic rings. The highest BCUT2D eigenvalue weighted by Crippen LogP contribution is 2.14. The first-order valence-corrected chi connectivity index (χ1v) is 4.31. The summed E-state index contributed by atoms with van der Waals surface area (Å²) in [6.07, 6.45) is 5.78. The molecule has 1 aromatic heterocycles. The Bertz CT molecular complexity index is 319. The molecule has 1 heterocycles. The molecule has 1 unspecified atom stereocenters. The van der Waals surface area contributed by atoms with E-state index in [0.717, 1.165) is 16.6 Å². The van der Waals surface area contributed by atoms with E-state index in [1.54, 1.807) is 4.68 Å². The van der Waals surface area contributed by atoms with Crippen LogP contribution in [-0.4, -0.2) is 9.78 Å². The zero-order chi connectivity index (χ0) is 9.14. The van der Waals surface area contributed by atoms with E-state index in [-0.39, 0.29) is 0 Å². The summed E-state index contributed by atoms with van der Waals surface area (Å²) in [5.41, 5.74) is 2.04. The largest absolute Gasteiger partial charge is 0.275 e. The normalized spacial score (nSPS) is 11.8. The van der Waals surface area contributed by atoms with Crippen molar-refractivity contribution >= 4 is 21.4 Å². The van der Waals surface area contributed by atoms with Gasteiger partial charge in [-0.3, -0.25) is 4.68 Å². The van der Waals surface area contributed by atoms with Gasteiger partial charge in [0.25, 0.3) is 0 Å². The maximum absolute atomic E-state index is 4.28. The van der Waals surface area contributed by atoms with Gasteiger partial charge in [0, 0.05) is 18.8 Å². The van der Waals surface area contributed by atoms with Crippen LogP contribution in [0.1, 0.15) is 18.2 Å². The zero-order valence-electron chi connectivity index (χ0n) is 7.41. The van der Waals surface area contributed by atoms with Crippen LogP contribution < -0.4 is 0 Å². The minimum absolute atomic E-state index is 0.972. The molecule has 0 aliphatic rings. The molecule has 1 rings (SSSR count). The molecule has 3 heteroatoms. The van der Waals surface area contributed by atoms with Crippen molar-refractivity contribution in [3.63, 3.8) is 0 Å². The van der Waals surface area contributed by atoms with Gasteiger partial charge in [0.2, 0.25) is 0 Å². The summed E-state index contributed by atoms with van der Waals surface area (Å²) in [6.45, 7) is 5.74. The molecule has 0 spiro atoms. The van der Waals surface area contributed by atoms with Gasteiger partial charge in [-0.1, -0.05) is 18.0 Å². The van der Waals surface area contributed by atoms with E-state index in [1.807, 2.05) is 32.3 Å². The van der Waals surface area contributed by atoms with Gasteiger partial charge < -0.3 is 0 Å². The highest BCUT2D eigenvalue weighted by atomic mass is 31.0. The number of rotatable bonds is 2. The van der Waals surface area contributed by atoms with E-state index in [2.05, 4.69) is 20.9 Å². The van der Waals surface area contributed by atoms with Crippen molar-refractivity contribution in [1.82, 2.24) is 9.78 Å². The molecule has 0 aliphatic carbocycles. The Morgan fingerprint density at radius 3 is 2.92 bits per heavy atom. The third-order valence-corrected chi connectivity index (χ3v) is 1.64. The topological polar surface area (TPSA) is 17.8 Å². The van der Waals surface area contributed by atoms with E-state index in [0.29, 0.717) is 0 Å². The van der Waals surface area contributed by atoms with Crippen molar-refractivity contribution < 1.29 is 0 Å². The molecule has 12 heavy (non-hydrogen) atoms. The minimum atomic E-state index is 0.972. The molecule has 0 amide bonds. The van der Waals surface area contributed by atoms with Crippen molar-refractivity contribution in [3.05, 3.63) is 29.3 Å². The summed E-state index contributed by atoms with van der Waals surface area (Å²) in [4.78, 5) is 0. The van der Waals surface area contributed by atoms with Gasteiger partial charge in [-0.2, -0.15) is 5.10 Å². The molecule has 1 atom stereocenters. The van der Waals surface area contributed by atoms with Crippen LogP contribution in [0.5, 0.6) is 0 Å². The van der Waals surface area contributed by atoms with Gasteiger partial charge in [-0.05, 0) is 13.0 Å². The lowest BCUT2D eigenvalue weighted by atomic mass is 10.2. The highest BCUT2D eigenvalue weighted by molar-refractivity contribution is 7.22. The molecule has 0 bridgehead atoms. The van der Waals surface area contributed by atoms with E-state index < -0.39 is 0 Å². The fraction of sp³-hybridized carbons (Fsp3) is 0.222. The van der Waals surface area contributed by atoms with Crippen LogP contribution in [0, 0.1) is 0 Å². The quantitative estimate of drug-likeness (QED) is 0.638. The SMILES string of the molecule is C=Cc1cn(C)nc1/C=C(\C)P. The van der Waals surface area contributed by atoms with E-state index in [1.165, 1.54) is 0 Å². The van der Waals surface area contributed by atoms with Gasteiger partial charge in [0.1, 0.15) is 0 Å². The van der Waals surface area contributed by atoms with Crippen LogP contribution in [0.15, 0.2) is 18.1 Å². The lowest BCUT2D eigenvalue weighted by molar-refractivity contribution is 0.764. The highest BCUT2D eigenvalue weighted by Gasteiger charge is 1.99. The Labute approximate surface area is 75.2 Å². The van der Waals surface area contributed by atoms with Crippen LogP contribution in [0.2, 0.25) is 0 Å². The first-order valence-electron chi connectivity index (χ1n) is 3.73. The molecule has 0 N–H and O–H groups in total. The van der Waals surface area contributed by atoms with E-state index in [4.69, 9.17) is 0 Å². The second-order valence-corrected chi connectivity index (χ2v) is 3.65. The summed E-state index contributed by atoms with van der Waals surface area (Å²) >= 11 is 0. The van der Waals surface area contributed by atoms with Crippen LogP contribution >= 0.6 is 9.24 Å². The molecular formula is C9H13N2P. The van der Waals surface area contributed by atoms with E-state index in [9.17, 15) is 0 Å². The second kappa shape index (κ2) is 3.68. The van der Waals surface area contributed by atoms with Crippen LogP contribution in [0.3, 0.4) is 0 Å². The van der Waals surface area contributed by atoms with Gasteiger partial charge in [0.15, 0.2) is 0 Å². The summed E-state index contributed by atoms with van der Waals surface area (Å²) < 4.78 is 1.79. The Balaban J connectivity index is 3.13. The number of hydrogen-bond donors (Lipinski definition) is 0. The average Bonchev–Trinajstić information content (AvgIpc) is 2.29. The fourth-order valence-electron chi connectivity index (χ4n) is 1.01. The molecule has 0 saturated carbocycles. The van der Waals surface area contributed by atoms with Gasteiger partial charge >= 0.3 is 0 Å². The second-order valence-electron chi connectivity index (χ2n) is 2.74. The molecule has 0 aromatic carbocycles. The molecule has 0 fully saturated rings. The van der Waals surface area contributed by atoms with Crippen LogP contribution in [0.25, 0.3) is 12.2 Å². The van der Waals surface area contributed by atoms with Crippen molar-refractivity contribution in [2.75, 3.05) is 0 Å². The third-order valence-electron chi connectivity index (χ3n) is 1.47. The van der Waals surface area contributed by atoms with Crippen molar-refractivity contribution in [2.45, 2.75) is 6.92 Å². The molecule has 64 valence electrons. The van der Waals surface area contributed by atoms with Gasteiger partial charge in [0.05, 0.1) is 5.69 Å². The summed E-state index contributed by atoms with van der Waals surface area (Å²) in [5, 5.41) is 5.44. The maximum atomic E-state index is 4.28. The van der Waals surface area contributed by atoms with Gasteiger partial charge in [-0.15, -0.1) is 9.24 Å². The number of nitrogens with zero attached hydrogens (tertiary/aromatic N) is 2.